The van der Waals surface area contributed by atoms with Crippen molar-refractivity contribution >= 4 is 11.5 Å². The minimum absolute atomic E-state index is 0.291. The summed E-state index contributed by atoms with van der Waals surface area (Å²) in [5, 5.41) is 9.93. The smallest absolute Gasteiger partial charge is 0.124 e. The molecule has 3 rings (SSSR count). The highest BCUT2D eigenvalue weighted by atomic mass is 32.1. The Morgan fingerprint density at radius 2 is 1.56 bits per heavy atom. The molecule has 1 heterocycles. The van der Waals surface area contributed by atoms with E-state index in [1.807, 2.05) is 54.7 Å². The van der Waals surface area contributed by atoms with Crippen molar-refractivity contribution in [3.05, 3.63) is 60.8 Å². The standard InChI is InChI=1S/C15H11NOS/c17-14-9-5-4-8-12(14)15-13(10-16-18-15)11-6-2-1-3-7-11/h1-10,17H. The van der Waals surface area contributed by atoms with Gasteiger partial charge in [0, 0.05) is 17.3 Å². The molecule has 88 valence electrons. The third-order valence-corrected chi connectivity index (χ3v) is 3.64. The van der Waals surface area contributed by atoms with E-state index in [1.165, 1.54) is 11.5 Å². The van der Waals surface area contributed by atoms with Gasteiger partial charge in [0.05, 0.1) is 4.88 Å². The van der Waals surface area contributed by atoms with E-state index in [-0.39, 0.29) is 0 Å². The van der Waals surface area contributed by atoms with Gasteiger partial charge in [-0.2, -0.15) is 4.37 Å². The van der Waals surface area contributed by atoms with Gasteiger partial charge in [0.25, 0.3) is 0 Å². The highest BCUT2D eigenvalue weighted by Gasteiger charge is 2.12. The zero-order valence-electron chi connectivity index (χ0n) is 9.58. The second-order valence-corrected chi connectivity index (χ2v) is 4.75. The number of para-hydroxylation sites is 1. The lowest BCUT2D eigenvalue weighted by atomic mass is 10.0. The van der Waals surface area contributed by atoms with Gasteiger partial charge in [0.2, 0.25) is 0 Å². The number of benzene rings is 2. The van der Waals surface area contributed by atoms with Gasteiger partial charge in [0.1, 0.15) is 5.75 Å². The number of aromatic nitrogens is 1. The van der Waals surface area contributed by atoms with E-state index < -0.39 is 0 Å². The number of aromatic hydroxyl groups is 1. The third kappa shape index (κ3) is 1.89. The van der Waals surface area contributed by atoms with Crippen molar-refractivity contribution in [3.8, 4) is 27.3 Å². The van der Waals surface area contributed by atoms with Crippen molar-refractivity contribution in [1.82, 2.24) is 4.37 Å². The quantitative estimate of drug-likeness (QED) is 0.743. The monoisotopic (exact) mass is 253 g/mol. The highest BCUT2D eigenvalue weighted by molar-refractivity contribution is 7.10. The van der Waals surface area contributed by atoms with E-state index in [0.29, 0.717) is 5.75 Å². The summed E-state index contributed by atoms with van der Waals surface area (Å²) in [6.45, 7) is 0. The van der Waals surface area contributed by atoms with Gasteiger partial charge >= 0.3 is 0 Å². The predicted octanol–water partition coefficient (Wildman–Crippen LogP) is 4.18. The first kappa shape index (κ1) is 11.0. The van der Waals surface area contributed by atoms with Crippen molar-refractivity contribution in [2.24, 2.45) is 0 Å². The summed E-state index contributed by atoms with van der Waals surface area (Å²) in [5.41, 5.74) is 3.01. The van der Waals surface area contributed by atoms with Crippen LogP contribution >= 0.6 is 11.5 Å². The van der Waals surface area contributed by atoms with Crippen molar-refractivity contribution in [2.75, 3.05) is 0 Å². The lowest BCUT2D eigenvalue weighted by Gasteiger charge is -2.04. The summed E-state index contributed by atoms with van der Waals surface area (Å²) in [7, 11) is 0. The Morgan fingerprint density at radius 3 is 2.33 bits per heavy atom. The van der Waals surface area contributed by atoms with Crippen LogP contribution in [0.15, 0.2) is 60.8 Å². The molecule has 0 amide bonds. The molecule has 0 aliphatic carbocycles. The molecular weight excluding hydrogens is 242 g/mol. The topological polar surface area (TPSA) is 33.1 Å². The molecule has 0 bridgehead atoms. The van der Waals surface area contributed by atoms with Crippen LogP contribution in [0.5, 0.6) is 5.75 Å². The molecule has 1 N–H and O–H groups in total. The lowest BCUT2D eigenvalue weighted by Crippen LogP contribution is -1.79. The number of phenols is 1. The van der Waals surface area contributed by atoms with Gasteiger partial charge in [-0.1, -0.05) is 42.5 Å². The predicted molar refractivity (Wildman–Crippen MR) is 74.7 cm³/mol. The largest absolute Gasteiger partial charge is 0.507 e. The highest BCUT2D eigenvalue weighted by Crippen LogP contribution is 2.38. The number of hydrogen-bond donors (Lipinski definition) is 1. The molecule has 0 unspecified atom stereocenters. The first-order chi connectivity index (χ1) is 8.86. The number of phenolic OH excluding ortho intramolecular Hbond substituents is 1. The first-order valence-electron chi connectivity index (χ1n) is 5.65. The van der Waals surface area contributed by atoms with Crippen LogP contribution in [0.2, 0.25) is 0 Å². The van der Waals surface area contributed by atoms with Crippen molar-refractivity contribution in [1.29, 1.82) is 0 Å². The molecular formula is C15H11NOS. The SMILES string of the molecule is Oc1ccccc1-c1sncc1-c1ccccc1. The average Bonchev–Trinajstić information content (AvgIpc) is 2.89. The van der Waals surface area contributed by atoms with Crippen molar-refractivity contribution < 1.29 is 5.11 Å². The lowest BCUT2D eigenvalue weighted by molar-refractivity contribution is 0.477. The molecule has 0 spiro atoms. The van der Waals surface area contributed by atoms with Crippen molar-refractivity contribution in [3.63, 3.8) is 0 Å². The Labute approximate surface area is 109 Å². The van der Waals surface area contributed by atoms with E-state index in [4.69, 9.17) is 0 Å². The Bertz CT molecular complexity index is 661. The first-order valence-corrected chi connectivity index (χ1v) is 6.42. The second kappa shape index (κ2) is 4.63. The molecule has 0 radical (unpaired) electrons. The Hall–Kier alpha value is -2.13. The normalized spacial score (nSPS) is 10.4. The molecule has 0 atom stereocenters. The zero-order valence-corrected chi connectivity index (χ0v) is 10.4. The van der Waals surface area contributed by atoms with Crippen LogP contribution in [-0.2, 0) is 0 Å². The fourth-order valence-corrected chi connectivity index (χ4v) is 2.73. The fraction of sp³-hybridized carbons (Fsp3) is 0. The summed E-state index contributed by atoms with van der Waals surface area (Å²) < 4.78 is 4.25. The van der Waals surface area contributed by atoms with Crippen LogP contribution in [0.25, 0.3) is 21.6 Å². The van der Waals surface area contributed by atoms with Crippen LogP contribution in [0.4, 0.5) is 0 Å². The summed E-state index contributed by atoms with van der Waals surface area (Å²) in [6, 6.07) is 17.4. The molecule has 2 aromatic carbocycles. The summed E-state index contributed by atoms with van der Waals surface area (Å²) in [6.07, 6.45) is 1.85. The average molecular weight is 253 g/mol. The van der Waals surface area contributed by atoms with Crippen LogP contribution in [0.3, 0.4) is 0 Å². The van der Waals surface area contributed by atoms with Gasteiger partial charge in [-0.05, 0) is 29.2 Å². The molecule has 2 nitrogen and oxygen atoms in total. The van der Waals surface area contributed by atoms with Crippen LogP contribution < -0.4 is 0 Å². The molecule has 3 heteroatoms. The summed E-state index contributed by atoms with van der Waals surface area (Å²) in [5.74, 6) is 0.291. The summed E-state index contributed by atoms with van der Waals surface area (Å²) in [4.78, 5) is 0.999. The van der Waals surface area contributed by atoms with Gasteiger partial charge < -0.3 is 5.11 Å². The van der Waals surface area contributed by atoms with E-state index in [2.05, 4.69) is 4.37 Å². The third-order valence-electron chi connectivity index (χ3n) is 2.80. The molecule has 1 aromatic heterocycles. The zero-order chi connectivity index (χ0) is 12.4. The van der Waals surface area contributed by atoms with E-state index >= 15 is 0 Å². The van der Waals surface area contributed by atoms with E-state index in [1.54, 1.807) is 6.07 Å². The van der Waals surface area contributed by atoms with Gasteiger partial charge in [-0.25, -0.2) is 0 Å². The van der Waals surface area contributed by atoms with Crippen LogP contribution in [-0.4, -0.2) is 9.48 Å². The maximum absolute atomic E-state index is 9.93. The van der Waals surface area contributed by atoms with E-state index in [9.17, 15) is 5.11 Å². The minimum Gasteiger partial charge on any atom is -0.507 e. The number of rotatable bonds is 2. The Balaban J connectivity index is 2.16. The summed E-state index contributed by atoms with van der Waals surface area (Å²) >= 11 is 1.40. The molecule has 3 aromatic rings. The molecule has 0 saturated carbocycles. The molecule has 0 saturated heterocycles. The van der Waals surface area contributed by atoms with Crippen molar-refractivity contribution in [2.45, 2.75) is 0 Å². The van der Waals surface area contributed by atoms with Gasteiger partial charge in [0.15, 0.2) is 0 Å². The second-order valence-electron chi connectivity index (χ2n) is 3.95. The van der Waals surface area contributed by atoms with Gasteiger partial charge in [-0.3, -0.25) is 0 Å². The maximum atomic E-state index is 9.93. The molecule has 18 heavy (non-hydrogen) atoms. The van der Waals surface area contributed by atoms with E-state index in [0.717, 1.165) is 21.6 Å². The number of hydrogen-bond acceptors (Lipinski definition) is 3. The molecule has 0 aliphatic rings. The molecule has 0 fully saturated rings. The van der Waals surface area contributed by atoms with Gasteiger partial charge in [-0.15, -0.1) is 0 Å². The van der Waals surface area contributed by atoms with Crippen LogP contribution in [0, 0.1) is 0 Å². The van der Waals surface area contributed by atoms with Crippen LogP contribution in [0.1, 0.15) is 0 Å². The maximum Gasteiger partial charge on any atom is 0.124 e. The minimum atomic E-state index is 0.291. The Morgan fingerprint density at radius 1 is 0.833 bits per heavy atom. The molecule has 0 aliphatic heterocycles. The fourth-order valence-electron chi connectivity index (χ4n) is 1.92. The Kier molecular flexibility index (Phi) is 2.82. The number of nitrogens with zero attached hydrogens (tertiary/aromatic N) is 1.